The van der Waals surface area contributed by atoms with Gasteiger partial charge in [0.15, 0.2) is 9.84 Å². The Kier molecular flexibility index (Phi) is 4.45. The summed E-state index contributed by atoms with van der Waals surface area (Å²) in [6.07, 6.45) is 0. The Balaban J connectivity index is 1.60. The van der Waals surface area contributed by atoms with Crippen molar-refractivity contribution in [3.63, 3.8) is 0 Å². The van der Waals surface area contributed by atoms with Crippen molar-refractivity contribution in [3.05, 3.63) is 86.9 Å². The predicted octanol–water partition coefficient (Wildman–Crippen LogP) is 3.31. The number of nitrogens with zero attached hydrogens (tertiary/aromatic N) is 2. The number of carbonyl (C=O) groups is 1. The van der Waals surface area contributed by atoms with Crippen LogP contribution in [-0.2, 0) is 21.3 Å². The molecule has 1 N–H and O–H groups in total. The van der Waals surface area contributed by atoms with Crippen molar-refractivity contribution in [1.29, 1.82) is 0 Å². The molecular formula is C21H14ClN3O5S. The molecule has 0 radical (unpaired) electrons. The van der Waals surface area contributed by atoms with Crippen molar-refractivity contribution in [3.8, 4) is 5.69 Å². The van der Waals surface area contributed by atoms with Crippen molar-refractivity contribution >= 4 is 44.1 Å². The SMILES string of the molecule is O=C(Nc1c2c(nn1-c1ccc(Cl)cc1)CS(=O)(=O)C2)c1cc2ccccc2oc1=O. The highest BCUT2D eigenvalue weighted by Crippen LogP contribution is 2.33. The first-order chi connectivity index (χ1) is 14.8. The van der Waals surface area contributed by atoms with Gasteiger partial charge in [0, 0.05) is 16.0 Å². The Morgan fingerprint density at radius 1 is 1.10 bits per heavy atom. The fourth-order valence-corrected chi connectivity index (χ4v) is 5.15. The first kappa shape index (κ1) is 19.5. The van der Waals surface area contributed by atoms with E-state index in [0.29, 0.717) is 32.9 Å². The average molecular weight is 456 g/mol. The van der Waals surface area contributed by atoms with Gasteiger partial charge in [-0.05, 0) is 36.4 Å². The van der Waals surface area contributed by atoms with Gasteiger partial charge in [-0.3, -0.25) is 4.79 Å². The normalized spacial score (nSPS) is 14.5. The standard InChI is InChI=1S/C21H14ClN3O5S/c22-13-5-7-14(8-6-13)25-19(16-10-31(28,29)11-17(16)24-25)23-20(26)15-9-12-3-1-2-4-18(12)30-21(15)27/h1-9H,10-11H2,(H,23,26). The van der Waals surface area contributed by atoms with Crippen molar-refractivity contribution < 1.29 is 17.6 Å². The van der Waals surface area contributed by atoms with Gasteiger partial charge in [0.05, 0.1) is 22.9 Å². The molecule has 31 heavy (non-hydrogen) atoms. The third-order valence-corrected chi connectivity index (χ3v) is 6.67. The first-order valence-electron chi connectivity index (χ1n) is 9.22. The van der Waals surface area contributed by atoms with Gasteiger partial charge in [-0.25, -0.2) is 17.9 Å². The van der Waals surface area contributed by atoms with Crippen LogP contribution in [0.25, 0.3) is 16.7 Å². The fraction of sp³-hybridized carbons (Fsp3) is 0.0952. The molecule has 0 bridgehead atoms. The van der Waals surface area contributed by atoms with Gasteiger partial charge in [0.2, 0.25) is 0 Å². The number of para-hydroxylation sites is 1. The molecule has 8 nitrogen and oxygen atoms in total. The largest absolute Gasteiger partial charge is 0.422 e. The highest BCUT2D eigenvalue weighted by Gasteiger charge is 2.33. The van der Waals surface area contributed by atoms with E-state index in [1.54, 1.807) is 48.5 Å². The lowest BCUT2D eigenvalue weighted by atomic mass is 10.1. The number of aromatic nitrogens is 2. The molecule has 0 fully saturated rings. The van der Waals surface area contributed by atoms with E-state index in [2.05, 4.69) is 10.4 Å². The molecule has 1 aliphatic heterocycles. The third-order valence-electron chi connectivity index (χ3n) is 4.98. The van der Waals surface area contributed by atoms with Crippen molar-refractivity contribution in [1.82, 2.24) is 9.78 Å². The lowest BCUT2D eigenvalue weighted by molar-refractivity contribution is 0.102. The Hall–Kier alpha value is -3.43. The summed E-state index contributed by atoms with van der Waals surface area (Å²) >= 11 is 5.96. The number of amides is 1. The molecule has 10 heteroatoms. The Morgan fingerprint density at radius 3 is 2.61 bits per heavy atom. The highest BCUT2D eigenvalue weighted by molar-refractivity contribution is 7.90. The summed E-state index contributed by atoms with van der Waals surface area (Å²) in [7, 11) is -3.36. The van der Waals surface area contributed by atoms with Crippen LogP contribution in [0, 0.1) is 0 Å². The summed E-state index contributed by atoms with van der Waals surface area (Å²) in [5.74, 6) is -1.00. The summed E-state index contributed by atoms with van der Waals surface area (Å²) in [6, 6.07) is 15.0. The van der Waals surface area contributed by atoms with Crippen LogP contribution in [0.4, 0.5) is 5.82 Å². The minimum absolute atomic E-state index is 0.191. The second-order valence-corrected chi connectivity index (χ2v) is 9.63. The number of rotatable bonds is 3. The molecule has 3 heterocycles. The van der Waals surface area contributed by atoms with Crippen LogP contribution >= 0.6 is 11.6 Å². The minimum Gasteiger partial charge on any atom is -0.422 e. The van der Waals surface area contributed by atoms with Gasteiger partial charge >= 0.3 is 5.63 Å². The molecule has 2 aromatic heterocycles. The third kappa shape index (κ3) is 3.51. The van der Waals surface area contributed by atoms with E-state index in [1.165, 1.54) is 10.7 Å². The monoisotopic (exact) mass is 455 g/mol. The smallest absolute Gasteiger partial charge is 0.349 e. The van der Waals surface area contributed by atoms with Crippen LogP contribution < -0.4 is 10.9 Å². The second kappa shape index (κ2) is 7.07. The number of sulfone groups is 1. The highest BCUT2D eigenvalue weighted by atomic mass is 35.5. The van der Waals surface area contributed by atoms with E-state index in [0.717, 1.165) is 0 Å². The van der Waals surface area contributed by atoms with Crippen LogP contribution in [-0.4, -0.2) is 24.1 Å². The Morgan fingerprint density at radius 2 is 1.84 bits per heavy atom. The van der Waals surface area contributed by atoms with Crippen molar-refractivity contribution in [2.45, 2.75) is 11.5 Å². The molecule has 1 amide bonds. The number of fused-ring (bicyclic) bond motifs is 2. The van der Waals surface area contributed by atoms with Crippen molar-refractivity contribution in [2.24, 2.45) is 0 Å². The Labute approximate surface area is 181 Å². The van der Waals surface area contributed by atoms with E-state index < -0.39 is 21.4 Å². The van der Waals surface area contributed by atoms with Crippen LogP contribution in [0.2, 0.25) is 5.02 Å². The maximum atomic E-state index is 13.0. The zero-order chi connectivity index (χ0) is 21.8. The number of halogens is 1. The van der Waals surface area contributed by atoms with E-state index >= 15 is 0 Å². The first-order valence-corrected chi connectivity index (χ1v) is 11.4. The molecule has 156 valence electrons. The van der Waals surface area contributed by atoms with Crippen molar-refractivity contribution in [2.75, 3.05) is 5.32 Å². The maximum absolute atomic E-state index is 13.0. The summed E-state index contributed by atoms with van der Waals surface area (Å²) in [5, 5.41) is 8.16. The van der Waals surface area contributed by atoms with E-state index in [9.17, 15) is 18.0 Å². The van der Waals surface area contributed by atoms with Crippen LogP contribution in [0.5, 0.6) is 0 Å². The van der Waals surface area contributed by atoms with Gasteiger partial charge in [0.1, 0.15) is 17.0 Å². The maximum Gasteiger partial charge on any atom is 0.349 e. The lowest BCUT2D eigenvalue weighted by Gasteiger charge is -2.11. The van der Waals surface area contributed by atoms with Crippen LogP contribution in [0.15, 0.2) is 63.8 Å². The number of hydrogen-bond donors (Lipinski definition) is 1. The molecule has 1 aliphatic rings. The summed E-state index contributed by atoms with van der Waals surface area (Å²) in [4.78, 5) is 25.4. The molecule has 4 aromatic rings. The summed E-state index contributed by atoms with van der Waals surface area (Å²) < 4.78 is 30.9. The van der Waals surface area contributed by atoms with Crippen LogP contribution in [0.3, 0.4) is 0 Å². The molecule has 0 spiro atoms. The number of carbonyl (C=O) groups excluding carboxylic acids is 1. The predicted molar refractivity (Wildman–Crippen MR) is 115 cm³/mol. The van der Waals surface area contributed by atoms with Gasteiger partial charge in [-0.15, -0.1) is 0 Å². The number of anilines is 1. The average Bonchev–Trinajstić information content (AvgIpc) is 3.20. The van der Waals surface area contributed by atoms with Gasteiger partial charge < -0.3 is 9.73 Å². The molecule has 0 unspecified atom stereocenters. The molecule has 0 aliphatic carbocycles. The molecule has 0 saturated heterocycles. The number of nitrogens with one attached hydrogen (secondary N) is 1. The number of benzene rings is 2. The molecule has 2 aromatic carbocycles. The van der Waals surface area contributed by atoms with Gasteiger partial charge in [0.25, 0.3) is 5.91 Å². The van der Waals surface area contributed by atoms with E-state index in [1.807, 2.05) is 0 Å². The quantitative estimate of drug-likeness (QED) is 0.474. The molecular weight excluding hydrogens is 442 g/mol. The lowest BCUT2D eigenvalue weighted by Crippen LogP contribution is -2.23. The van der Waals surface area contributed by atoms with E-state index in [4.69, 9.17) is 16.0 Å². The zero-order valence-corrected chi connectivity index (χ0v) is 17.4. The molecule has 0 saturated carbocycles. The zero-order valence-electron chi connectivity index (χ0n) is 15.8. The van der Waals surface area contributed by atoms with Gasteiger partial charge in [-0.1, -0.05) is 29.8 Å². The minimum atomic E-state index is -3.36. The van der Waals surface area contributed by atoms with Gasteiger partial charge in [-0.2, -0.15) is 5.10 Å². The molecule has 5 rings (SSSR count). The van der Waals surface area contributed by atoms with Crippen LogP contribution in [0.1, 0.15) is 21.6 Å². The Bertz CT molecular complexity index is 1520. The van der Waals surface area contributed by atoms with E-state index in [-0.39, 0.29) is 22.9 Å². The number of hydrogen-bond acceptors (Lipinski definition) is 6. The topological polar surface area (TPSA) is 111 Å². The summed E-state index contributed by atoms with van der Waals surface area (Å²) in [6.45, 7) is 0. The molecule has 0 atom stereocenters. The summed E-state index contributed by atoms with van der Waals surface area (Å²) in [5.41, 5.74) is 0.707. The fourth-order valence-electron chi connectivity index (χ4n) is 3.54. The second-order valence-electron chi connectivity index (χ2n) is 7.13.